The zero-order chi connectivity index (χ0) is 52.9. The van der Waals surface area contributed by atoms with E-state index in [0.29, 0.717) is 99.0 Å². The number of ether oxygens (including phenoxy) is 1. The third-order valence-electron chi connectivity index (χ3n) is 13.4. The van der Waals surface area contributed by atoms with E-state index < -0.39 is 11.9 Å². The van der Waals surface area contributed by atoms with Gasteiger partial charge in [-0.05, 0) is 179 Å². The number of rotatable bonds is 17. The number of anilines is 1. The molecule has 0 unspecified atom stereocenters. The standard InChI is InChI=1S/C60H52ClI2N5O7/c1-36-50(51-32-46(74-4)22-26-53(51)68(36)59(71)39-11-14-41(61)15-12-39)33-56(69)64-27-5-6-28-65-58(70)40-13-23-47(52(29-40)60(72)73)57-48-24-20-44(66(2)34-37-7-16-42(62)17-8-37)30-54(48)75-55-31-45(21-25-49(55)57)67(3)35-38-9-18-43(63)19-10-38/h7-26,29-32H,5-6,27-28,33-35H2,1-4H3,(H2-,64,65,69,70,72,73). The lowest BCUT2D eigenvalue weighted by Gasteiger charge is -2.22. The van der Waals surface area contributed by atoms with Gasteiger partial charge in [-0.2, -0.15) is 0 Å². The lowest BCUT2D eigenvalue weighted by atomic mass is 9.89. The van der Waals surface area contributed by atoms with Crippen LogP contribution in [0.2, 0.25) is 5.02 Å². The quantitative estimate of drug-likeness (QED) is 0.0396. The highest BCUT2D eigenvalue weighted by Gasteiger charge is 2.24. The molecule has 75 heavy (non-hydrogen) atoms. The Balaban J connectivity index is 0.911. The van der Waals surface area contributed by atoms with Crippen LogP contribution in [0.3, 0.4) is 0 Å². The maximum atomic E-state index is 13.7. The van der Waals surface area contributed by atoms with Crippen molar-refractivity contribution in [1.82, 2.24) is 19.8 Å². The summed E-state index contributed by atoms with van der Waals surface area (Å²) in [5, 5.41) is 21.9. The molecule has 2 aliphatic rings. The van der Waals surface area contributed by atoms with Gasteiger partial charge in [-0.3, -0.25) is 19.0 Å². The summed E-state index contributed by atoms with van der Waals surface area (Å²) in [7, 11) is 5.61. The highest BCUT2D eigenvalue weighted by atomic mass is 127. The Morgan fingerprint density at radius 3 is 2.11 bits per heavy atom. The van der Waals surface area contributed by atoms with Gasteiger partial charge in [-0.15, -0.1) is 0 Å². The molecular weight excluding hydrogens is 1190 g/mol. The molecule has 2 amide bonds. The molecular formula is C60H52ClI2N5O7. The first-order chi connectivity index (χ1) is 36.1. The number of nitrogens with zero attached hydrogens (tertiary/aromatic N) is 3. The van der Waals surface area contributed by atoms with Crippen LogP contribution in [0.5, 0.6) is 5.75 Å². The van der Waals surface area contributed by atoms with Gasteiger partial charge in [-0.1, -0.05) is 41.9 Å². The molecule has 0 fully saturated rings. The van der Waals surface area contributed by atoms with Gasteiger partial charge in [0, 0.05) is 107 Å². The first-order valence-electron chi connectivity index (χ1n) is 24.3. The van der Waals surface area contributed by atoms with Gasteiger partial charge < -0.3 is 34.6 Å². The Kier molecular flexibility index (Phi) is 16.4. The van der Waals surface area contributed by atoms with E-state index in [0.717, 1.165) is 34.7 Å². The van der Waals surface area contributed by atoms with Crippen molar-refractivity contribution >= 4 is 108 Å². The Morgan fingerprint density at radius 1 is 0.747 bits per heavy atom. The average molecular weight is 1240 g/mol. The molecule has 0 atom stereocenters. The van der Waals surface area contributed by atoms with Crippen molar-refractivity contribution in [3.63, 3.8) is 0 Å². The maximum Gasteiger partial charge on any atom is 0.262 e. The molecule has 12 nitrogen and oxygen atoms in total. The number of carbonyl (C=O) groups excluding carboxylic acids is 4. The predicted octanol–water partition coefficient (Wildman–Crippen LogP) is 10.5. The summed E-state index contributed by atoms with van der Waals surface area (Å²) in [4.78, 5) is 56.0. The summed E-state index contributed by atoms with van der Waals surface area (Å²) in [6.45, 7) is 3.78. The highest BCUT2D eigenvalue weighted by molar-refractivity contribution is 14.1. The lowest BCUT2D eigenvalue weighted by Crippen LogP contribution is -2.29. The number of carboxylic acids is 1. The molecule has 380 valence electrons. The molecule has 2 N–H and O–H groups in total. The second-order valence-electron chi connectivity index (χ2n) is 18.4. The number of halogens is 3. The van der Waals surface area contributed by atoms with Crippen LogP contribution in [0.1, 0.15) is 66.3 Å². The number of carbonyl (C=O) groups is 4. The van der Waals surface area contributed by atoms with Crippen LogP contribution >= 0.6 is 56.8 Å². The van der Waals surface area contributed by atoms with E-state index in [1.807, 2.05) is 69.6 Å². The van der Waals surface area contributed by atoms with Gasteiger partial charge in [0.15, 0.2) is 6.54 Å². The minimum atomic E-state index is -1.42. The molecule has 1 aromatic heterocycles. The van der Waals surface area contributed by atoms with E-state index in [1.54, 1.807) is 54.1 Å². The molecule has 0 radical (unpaired) electrons. The summed E-state index contributed by atoms with van der Waals surface area (Å²) in [5.41, 5.74) is 8.02. The van der Waals surface area contributed by atoms with Gasteiger partial charge in [0.25, 0.3) is 11.8 Å². The number of amides is 2. The maximum absolute atomic E-state index is 13.7. The van der Waals surface area contributed by atoms with Crippen molar-refractivity contribution in [3.05, 3.63) is 202 Å². The number of hydrogen-bond donors (Lipinski definition) is 2. The molecule has 6 aromatic carbocycles. The second-order valence-corrected chi connectivity index (χ2v) is 21.4. The van der Waals surface area contributed by atoms with Crippen LogP contribution in [0.15, 0.2) is 150 Å². The fourth-order valence-corrected chi connectivity index (χ4v) is 10.3. The summed E-state index contributed by atoms with van der Waals surface area (Å²) < 4.78 is 18.3. The van der Waals surface area contributed by atoms with Crippen LogP contribution < -0.4 is 35.3 Å². The van der Waals surface area contributed by atoms with E-state index in [1.165, 1.54) is 6.07 Å². The van der Waals surface area contributed by atoms with Crippen LogP contribution in [0.4, 0.5) is 5.69 Å². The number of benzene rings is 7. The zero-order valence-corrected chi connectivity index (χ0v) is 46.7. The molecule has 0 bridgehead atoms. The fraction of sp³-hybridized carbons (Fsp3) is 0.183. The Hall–Kier alpha value is -7.02. The number of methoxy groups -OCH3 is 1. The molecule has 1 aliphatic carbocycles. The number of aromatic nitrogens is 1. The minimum Gasteiger partial charge on any atom is -0.545 e. The second kappa shape index (κ2) is 23.3. The van der Waals surface area contributed by atoms with E-state index in [2.05, 4.69) is 114 Å². The van der Waals surface area contributed by atoms with E-state index in [4.69, 9.17) is 20.8 Å². The first kappa shape index (κ1) is 52.8. The molecule has 9 rings (SSSR count). The Bertz CT molecular complexity index is 3680. The van der Waals surface area contributed by atoms with Crippen LogP contribution in [-0.2, 0) is 24.3 Å². The topological polar surface area (TPSA) is 149 Å². The number of fused-ring (bicyclic) bond motifs is 3. The lowest BCUT2D eigenvalue weighted by molar-refractivity contribution is -0.254. The van der Waals surface area contributed by atoms with Gasteiger partial charge in [0.05, 0.1) is 31.1 Å². The van der Waals surface area contributed by atoms with E-state index in [-0.39, 0.29) is 35.9 Å². The van der Waals surface area contributed by atoms with Crippen molar-refractivity contribution < 1.29 is 33.4 Å². The normalized spacial score (nSPS) is 11.7. The molecule has 0 saturated heterocycles. The van der Waals surface area contributed by atoms with Crippen molar-refractivity contribution in [3.8, 4) is 28.2 Å². The van der Waals surface area contributed by atoms with Crippen LogP contribution in [-0.4, -0.2) is 62.6 Å². The Labute approximate surface area is 466 Å². The number of nitrogens with one attached hydrogen (secondary N) is 2. The van der Waals surface area contributed by atoms with Crippen molar-refractivity contribution in [2.75, 3.05) is 39.2 Å². The molecule has 1 aliphatic heterocycles. The summed E-state index contributed by atoms with van der Waals surface area (Å²) in [6.07, 6.45) is 1.13. The summed E-state index contributed by atoms with van der Waals surface area (Å²) >= 11 is 10.7. The molecule has 7 aromatic rings. The van der Waals surface area contributed by atoms with Crippen molar-refractivity contribution in [1.29, 1.82) is 0 Å². The van der Waals surface area contributed by atoms with Crippen LogP contribution in [0, 0.1) is 14.1 Å². The average Bonchev–Trinajstić information content (AvgIpc) is 3.69. The third kappa shape index (κ3) is 11.9. The predicted molar refractivity (Wildman–Crippen MR) is 311 cm³/mol. The number of carboxylic acid groups (broad SMARTS) is 1. The van der Waals surface area contributed by atoms with Gasteiger partial charge >= 0.3 is 0 Å². The smallest absolute Gasteiger partial charge is 0.262 e. The van der Waals surface area contributed by atoms with Crippen molar-refractivity contribution in [2.24, 2.45) is 0 Å². The first-order valence-corrected chi connectivity index (χ1v) is 26.8. The monoisotopic (exact) mass is 1240 g/mol. The molecule has 2 heterocycles. The fourth-order valence-electron chi connectivity index (χ4n) is 9.42. The SMILES string of the molecule is COc1ccc2c(c1)c(CC(=O)NCCCCNC(=O)c1ccc(-c3c4ccc(=[N+](C)Cc5ccc(I)cc5)cc-4oc4cc(N(C)Cc5ccc(I)cc5)ccc34)c(C(=O)[O-])c1)c(C)n2C(=O)c1ccc(Cl)cc1. The Morgan fingerprint density at radius 2 is 1.41 bits per heavy atom. The van der Waals surface area contributed by atoms with Crippen LogP contribution in [0.25, 0.3) is 44.3 Å². The molecule has 0 saturated carbocycles. The van der Waals surface area contributed by atoms with Crippen molar-refractivity contribution in [2.45, 2.75) is 39.3 Å². The van der Waals surface area contributed by atoms with E-state index >= 15 is 0 Å². The van der Waals surface area contributed by atoms with Gasteiger partial charge in [0.1, 0.15) is 24.1 Å². The van der Waals surface area contributed by atoms with Gasteiger partial charge in [-0.25, -0.2) is 4.58 Å². The molecule has 0 spiro atoms. The number of hydrogen-bond acceptors (Lipinski definition) is 8. The largest absolute Gasteiger partial charge is 0.545 e. The van der Waals surface area contributed by atoms with Gasteiger partial charge in [0.2, 0.25) is 11.3 Å². The number of unbranched alkanes of at least 4 members (excludes halogenated alkanes) is 1. The zero-order valence-electron chi connectivity index (χ0n) is 41.6. The summed E-state index contributed by atoms with van der Waals surface area (Å²) in [5.74, 6) is -1.16. The number of aromatic carboxylic acids is 1. The molecule has 15 heteroatoms. The summed E-state index contributed by atoms with van der Waals surface area (Å²) in [6, 6.07) is 45.4. The van der Waals surface area contributed by atoms with E-state index in [9.17, 15) is 24.3 Å². The highest BCUT2D eigenvalue weighted by Crippen LogP contribution is 2.42. The third-order valence-corrected chi connectivity index (χ3v) is 15.1. The minimum absolute atomic E-state index is 0.0344.